The highest BCUT2D eigenvalue weighted by Gasteiger charge is 2.25. The molecule has 76 heavy (non-hydrogen) atoms. The maximum absolute atomic E-state index is 5.57. The second-order valence-corrected chi connectivity index (χ2v) is 19.6. The van der Waals surface area contributed by atoms with Crippen LogP contribution < -0.4 is 0 Å². The van der Waals surface area contributed by atoms with E-state index >= 15 is 0 Å². The van der Waals surface area contributed by atoms with E-state index in [0.29, 0.717) is 17.6 Å². The average molecular weight is 970 g/mol. The third kappa shape index (κ3) is 6.33. The molecule has 0 radical (unpaired) electrons. The summed E-state index contributed by atoms with van der Waals surface area (Å²) in [5, 5.41) is 9.23. The van der Waals surface area contributed by atoms with Gasteiger partial charge in [-0.2, -0.15) is 9.97 Å². The first kappa shape index (κ1) is 42.2. The van der Waals surface area contributed by atoms with E-state index in [1.165, 1.54) is 21.8 Å². The van der Waals surface area contributed by atoms with Crippen molar-refractivity contribution < 1.29 is 0 Å². The van der Waals surface area contributed by atoms with Crippen LogP contribution in [0.4, 0.5) is 0 Å². The van der Waals surface area contributed by atoms with Crippen LogP contribution in [0.5, 0.6) is 0 Å². The topological polar surface area (TPSA) is 58.4 Å². The summed E-state index contributed by atoms with van der Waals surface area (Å²) in [5.74, 6) is 1.72. The fourth-order valence-electron chi connectivity index (χ4n) is 12.1. The molecule has 0 bridgehead atoms. The Hall–Kier alpha value is -10.4. The second-order valence-electron chi connectivity index (χ2n) is 19.6. The van der Waals surface area contributed by atoms with Gasteiger partial charge in [0.15, 0.2) is 11.6 Å². The second kappa shape index (κ2) is 16.6. The van der Waals surface area contributed by atoms with E-state index in [4.69, 9.17) is 15.0 Å². The zero-order valence-corrected chi connectivity index (χ0v) is 41.0. The van der Waals surface area contributed by atoms with Crippen molar-refractivity contribution in [2.24, 2.45) is 0 Å². The summed E-state index contributed by atoms with van der Waals surface area (Å²) in [6.45, 7) is 0. The maximum Gasteiger partial charge on any atom is 0.238 e. The van der Waals surface area contributed by atoms with Crippen LogP contribution in [0.2, 0.25) is 0 Å². The molecule has 11 aromatic carbocycles. The van der Waals surface area contributed by atoms with Crippen molar-refractivity contribution in [3.8, 4) is 56.9 Å². The Kier molecular flexibility index (Phi) is 9.20. The third-order valence-electron chi connectivity index (χ3n) is 15.4. The lowest BCUT2D eigenvalue weighted by atomic mass is 10.1. The summed E-state index contributed by atoms with van der Waals surface area (Å²) in [6, 6.07) is 93.4. The van der Waals surface area contributed by atoms with Gasteiger partial charge in [0, 0.05) is 71.3 Å². The zero-order chi connectivity index (χ0) is 49.8. The number of para-hydroxylation sites is 5. The minimum absolute atomic E-state index is 0.537. The Labute approximate surface area is 436 Å². The lowest BCUT2D eigenvalue weighted by molar-refractivity contribution is 0.953. The molecule has 0 saturated carbocycles. The summed E-state index contributed by atoms with van der Waals surface area (Å²) in [5.41, 5.74) is 16.1. The van der Waals surface area contributed by atoms with E-state index in [1.54, 1.807) is 0 Å². The molecule has 0 spiro atoms. The molecule has 5 aromatic heterocycles. The van der Waals surface area contributed by atoms with Crippen LogP contribution in [0.15, 0.2) is 261 Å². The predicted molar refractivity (Wildman–Crippen MR) is 313 cm³/mol. The number of aromatic nitrogens is 7. The van der Waals surface area contributed by atoms with Crippen LogP contribution >= 0.6 is 0 Å². The molecule has 354 valence electrons. The molecule has 0 saturated heterocycles. The Morgan fingerprint density at radius 3 is 1.29 bits per heavy atom. The van der Waals surface area contributed by atoms with Gasteiger partial charge in [-0.05, 0) is 96.1 Å². The first-order valence-electron chi connectivity index (χ1n) is 25.8. The molecule has 5 heterocycles. The Morgan fingerprint density at radius 1 is 0.211 bits per heavy atom. The highest BCUT2D eigenvalue weighted by molar-refractivity contribution is 6.24. The Morgan fingerprint density at radius 2 is 0.632 bits per heavy atom. The zero-order valence-electron chi connectivity index (χ0n) is 41.0. The van der Waals surface area contributed by atoms with Crippen LogP contribution in [0.25, 0.3) is 144 Å². The fraction of sp³-hybridized carbons (Fsp3) is 0. The molecule has 0 atom stereocenters. The maximum atomic E-state index is 5.57. The van der Waals surface area contributed by atoms with Crippen LogP contribution in [0.1, 0.15) is 0 Å². The largest absolute Gasteiger partial charge is 0.309 e. The van der Waals surface area contributed by atoms with Gasteiger partial charge in [0.25, 0.3) is 0 Å². The molecule has 0 aliphatic rings. The third-order valence-corrected chi connectivity index (χ3v) is 15.4. The summed E-state index contributed by atoms with van der Waals surface area (Å²) >= 11 is 0. The molecule has 16 aromatic rings. The number of nitrogens with zero attached hydrogens (tertiary/aromatic N) is 7. The van der Waals surface area contributed by atoms with Gasteiger partial charge in [0.2, 0.25) is 5.95 Å². The monoisotopic (exact) mass is 969 g/mol. The molecule has 0 amide bonds. The molecule has 0 fully saturated rings. The molecular weight excluding hydrogens is 927 g/mol. The average Bonchev–Trinajstić information content (AvgIpc) is 4.39. The van der Waals surface area contributed by atoms with E-state index in [-0.39, 0.29) is 0 Å². The van der Waals surface area contributed by atoms with E-state index < -0.39 is 0 Å². The quantitative estimate of drug-likeness (QED) is 0.160. The van der Waals surface area contributed by atoms with Gasteiger partial charge >= 0.3 is 0 Å². The van der Waals surface area contributed by atoms with E-state index in [1.807, 2.05) is 18.2 Å². The minimum atomic E-state index is 0.537. The smallest absolute Gasteiger partial charge is 0.238 e. The number of hydrogen-bond acceptors (Lipinski definition) is 3. The first-order chi connectivity index (χ1) is 37.7. The lowest BCUT2D eigenvalue weighted by Gasteiger charge is -2.14. The normalized spacial score (nSPS) is 11.9. The number of fused-ring (bicyclic) bond motifs is 13. The van der Waals surface area contributed by atoms with Gasteiger partial charge in [0.1, 0.15) is 0 Å². The van der Waals surface area contributed by atoms with Gasteiger partial charge in [-0.15, -0.1) is 0 Å². The number of benzene rings is 11. The van der Waals surface area contributed by atoms with Gasteiger partial charge in [-0.25, -0.2) is 4.98 Å². The summed E-state index contributed by atoms with van der Waals surface area (Å²) < 4.78 is 9.50. The van der Waals surface area contributed by atoms with Crippen molar-refractivity contribution in [2.45, 2.75) is 0 Å². The van der Waals surface area contributed by atoms with Crippen LogP contribution in [-0.2, 0) is 0 Å². The minimum Gasteiger partial charge on any atom is -0.309 e. The SMILES string of the molecule is c1ccc(-c2cccc(-n3c4ccc(-n5c6ccccc6c6ccccc65)cc4c4ccc5c6ccccc6n(-c6nc(-c7ccccc7)nc(-c7ccc8c(c7)c7ccccc7n8-c7ccccc7)n6)c5c43)c2)cc1. The molecular formula is C69H43N7. The van der Waals surface area contributed by atoms with Crippen molar-refractivity contribution in [1.29, 1.82) is 0 Å². The van der Waals surface area contributed by atoms with Gasteiger partial charge in [-0.1, -0.05) is 176 Å². The summed E-state index contributed by atoms with van der Waals surface area (Å²) in [6.07, 6.45) is 0. The van der Waals surface area contributed by atoms with Crippen molar-refractivity contribution in [3.05, 3.63) is 261 Å². The highest BCUT2D eigenvalue weighted by atomic mass is 15.2. The summed E-state index contributed by atoms with van der Waals surface area (Å²) in [4.78, 5) is 16.4. The molecule has 0 aliphatic carbocycles. The molecule has 0 aliphatic heterocycles. The van der Waals surface area contributed by atoms with Crippen molar-refractivity contribution in [1.82, 2.24) is 33.2 Å². The van der Waals surface area contributed by atoms with Crippen molar-refractivity contribution in [2.75, 3.05) is 0 Å². The van der Waals surface area contributed by atoms with Gasteiger partial charge in [-0.3, -0.25) is 4.57 Å². The standard InChI is InChI=1S/C69H43N7/c1-4-19-44(20-5-1)46-23-18-26-49(41-46)75-64-40-36-50(74-59-31-14-10-27-51(59)52-28-11-15-32-60(52)74)43-58(64)56-38-37-55-53-29-12-17-34-62(53)76(66(55)65(56)75)69-71-67(45-21-6-2-7-22-45)70-68(72-69)47-35-39-63-57(42-47)54-30-13-16-33-61(54)73(63)48-24-8-3-9-25-48/h1-43H. The van der Waals surface area contributed by atoms with E-state index in [0.717, 1.165) is 105 Å². The summed E-state index contributed by atoms with van der Waals surface area (Å²) in [7, 11) is 0. The van der Waals surface area contributed by atoms with E-state index in [2.05, 4.69) is 261 Å². The van der Waals surface area contributed by atoms with Gasteiger partial charge in [0.05, 0.1) is 44.1 Å². The molecule has 0 N–H and O–H groups in total. The first-order valence-corrected chi connectivity index (χ1v) is 25.8. The Balaban J connectivity index is 1.00. The van der Waals surface area contributed by atoms with Crippen LogP contribution in [0, 0.1) is 0 Å². The fourth-order valence-corrected chi connectivity index (χ4v) is 12.1. The predicted octanol–water partition coefficient (Wildman–Crippen LogP) is 17.3. The van der Waals surface area contributed by atoms with Crippen molar-refractivity contribution >= 4 is 87.2 Å². The molecule has 0 unspecified atom stereocenters. The van der Waals surface area contributed by atoms with Crippen LogP contribution in [-0.4, -0.2) is 33.2 Å². The van der Waals surface area contributed by atoms with Crippen LogP contribution in [0.3, 0.4) is 0 Å². The lowest BCUT2D eigenvalue weighted by Crippen LogP contribution is -2.07. The molecule has 16 rings (SSSR count). The number of hydrogen-bond donors (Lipinski definition) is 0. The van der Waals surface area contributed by atoms with Crippen molar-refractivity contribution in [3.63, 3.8) is 0 Å². The number of rotatable bonds is 7. The molecule has 7 nitrogen and oxygen atoms in total. The molecule has 7 heteroatoms. The highest BCUT2D eigenvalue weighted by Crippen LogP contribution is 2.44. The van der Waals surface area contributed by atoms with Gasteiger partial charge < -0.3 is 13.7 Å². The van der Waals surface area contributed by atoms with E-state index in [9.17, 15) is 0 Å². The Bertz CT molecular complexity index is 4930.